The van der Waals surface area contributed by atoms with Gasteiger partial charge in [0.15, 0.2) is 5.96 Å². The number of carbonyl (C=O) groups is 1. The third-order valence-corrected chi connectivity index (χ3v) is 4.20. The molecule has 2 aromatic heterocycles. The minimum atomic E-state index is -0.143. The number of nitrogens with one attached hydrogen (secondary N) is 3. The quantitative estimate of drug-likeness (QED) is 0.227. The molecule has 0 aliphatic carbocycles. The van der Waals surface area contributed by atoms with Gasteiger partial charge >= 0.3 is 0 Å². The predicted octanol–water partition coefficient (Wildman–Crippen LogP) is 3.72. The van der Waals surface area contributed by atoms with E-state index in [0.717, 1.165) is 36.0 Å². The Labute approximate surface area is 193 Å². The van der Waals surface area contributed by atoms with Crippen LogP contribution in [0.25, 0.3) is 0 Å². The lowest BCUT2D eigenvalue weighted by Gasteiger charge is -2.11. The zero-order valence-electron chi connectivity index (χ0n) is 16.9. The SMILES string of the molecule is CCNC(=NCc1cccc(C(=O)NCc2ccco2)c1)NCCc1ccco1.I. The molecule has 0 saturated heterocycles. The molecule has 0 aliphatic rings. The van der Waals surface area contributed by atoms with Crippen LogP contribution in [0.4, 0.5) is 0 Å². The van der Waals surface area contributed by atoms with Crippen LogP contribution in [0.1, 0.15) is 34.4 Å². The first-order chi connectivity index (χ1) is 14.2. The van der Waals surface area contributed by atoms with Gasteiger partial charge in [-0.15, -0.1) is 24.0 Å². The van der Waals surface area contributed by atoms with Crippen molar-refractivity contribution in [2.45, 2.75) is 26.4 Å². The molecule has 0 spiro atoms. The van der Waals surface area contributed by atoms with Gasteiger partial charge in [-0.05, 0) is 48.9 Å². The van der Waals surface area contributed by atoms with Gasteiger partial charge in [0.2, 0.25) is 0 Å². The second-order valence-corrected chi connectivity index (χ2v) is 6.41. The van der Waals surface area contributed by atoms with E-state index in [4.69, 9.17) is 8.83 Å². The first-order valence-electron chi connectivity index (χ1n) is 9.68. The molecule has 0 fully saturated rings. The first-order valence-corrected chi connectivity index (χ1v) is 9.68. The smallest absolute Gasteiger partial charge is 0.251 e. The number of nitrogens with zero attached hydrogens (tertiary/aromatic N) is 1. The van der Waals surface area contributed by atoms with E-state index in [9.17, 15) is 4.79 Å². The average molecular weight is 522 g/mol. The van der Waals surface area contributed by atoms with Crippen molar-refractivity contribution in [1.29, 1.82) is 0 Å². The van der Waals surface area contributed by atoms with E-state index < -0.39 is 0 Å². The lowest BCUT2D eigenvalue weighted by Crippen LogP contribution is -2.38. The highest BCUT2D eigenvalue weighted by atomic mass is 127. The fraction of sp³-hybridized carbons (Fsp3) is 0.273. The molecule has 0 atom stereocenters. The number of amides is 1. The van der Waals surface area contributed by atoms with Gasteiger partial charge in [-0.3, -0.25) is 4.79 Å². The third-order valence-electron chi connectivity index (χ3n) is 4.20. The maximum atomic E-state index is 12.4. The summed E-state index contributed by atoms with van der Waals surface area (Å²) in [5.74, 6) is 2.24. The molecule has 160 valence electrons. The van der Waals surface area contributed by atoms with Crippen LogP contribution in [0.3, 0.4) is 0 Å². The normalized spacial score (nSPS) is 10.9. The number of carbonyl (C=O) groups excluding carboxylic acids is 1. The van der Waals surface area contributed by atoms with Crippen molar-refractivity contribution in [3.05, 3.63) is 83.7 Å². The van der Waals surface area contributed by atoms with Crippen molar-refractivity contribution in [2.75, 3.05) is 13.1 Å². The number of rotatable bonds is 9. The van der Waals surface area contributed by atoms with Crippen LogP contribution < -0.4 is 16.0 Å². The van der Waals surface area contributed by atoms with Crippen LogP contribution in [0.2, 0.25) is 0 Å². The van der Waals surface area contributed by atoms with E-state index >= 15 is 0 Å². The van der Waals surface area contributed by atoms with Crippen LogP contribution in [-0.4, -0.2) is 25.0 Å². The maximum Gasteiger partial charge on any atom is 0.251 e. The Hall–Kier alpha value is -2.75. The summed E-state index contributed by atoms with van der Waals surface area (Å²) in [6.45, 7) is 4.33. The van der Waals surface area contributed by atoms with Crippen LogP contribution >= 0.6 is 24.0 Å². The summed E-state index contributed by atoms with van der Waals surface area (Å²) in [7, 11) is 0. The minimum absolute atomic E-state index is 0. The van der Waals surface area contributed by atoms with Gasteiger partial charge in [-0.2, -0.15) is 0 Å². The monoisotopic (exact) mass is 522 g/mol. The highest BCUT2D eigenvalue weighted by molar-refractivity contribution is 14.0. The number of guanidine groups is 1. The van der Waals surface area contributed by atoms with Crippen molar-refractivity contribution in [3.8, 4) is 0 Å². The van der Waals surface area contributed by atoms with E-state index in [1.54, 1.807) is 24.7 Å². The predicted molar refractivity (Wildman–Crippen MR) is 127 cm³/mol. The average Bonchev–Trinajstić information content (AvgIpc) is 3.44. The number of aliphatic imine (C=N–C) groups is 1. The van der Waals surface area contributed by atoms with Gasteiger partial charge in [0.05, 0.1) is 25.6 Å². The van der Waals surface area contributed by atoms with Crippen molar-refractivity contribution in [1.82, 2.24) is 16.0 Å². The molecular formula is C22H27IN4O3. The molecule has 3 aromatic rings. The molecule has 0 unspecified atom stereocenters. The Bertz CT molecular complexity index is 908. The van der Waals surface area contributed by atoms with E-state index in [1.165, 1.54) is 0 Å². The fourth-order valence-corrected chi connectivity index (χ4v) is 2.76. The van der Waals surface area contributed by atoms with Crippen LogP contribution in [-0.2, 0) is 19.5 Å². The highest BCUT2D eigenvalue weighted by Crippen LogP contribution is 2.08. The summed E-state index contributed by atoms with van der Waals surface area (Å²) in [5, 5.41) is 9.37. The molecule has 30 heavy (non-hydrogen) atoms. The largest absolute Gasteiger partial charge is 0.469 e. The van der Waals surface area contributed by atoms with Gasteiger partial charge in [0, 0.05) is 25.1 Å². The van der Waals surface area contributed by atoms with Gasteiger partial charge < -0.3 is 24.8 Å². The molecular weight excluding hydrogens is 495 g/mol. The van der Waals surface area contributed by atoms with Crippen molar-refractivity contribution < 1.29 is 13.6 Å². The Balaban J connectivity index is 0.00000320. The topological polar surface area (TPSA) is 91.8 Å². The second-order valence-electron chi connectivity index (χ2n) is 6.41. The van der Waals surface area contributed by atoms with Crippen molar-refractivity contribution in [3.63, 3.8) is 0 Å². The standard InChI is InChI=1S/C22H26N4O3.HI/c1-2-23-22(24-11-10-19-8-4-12-28-19)26-15-17-6-3-7-18(14-17)21(27)25-16-20-9-5-13-29-20;/h3-9,12-14H,2,10-11,15-16H2,1H3,(H,25,27)(H2,23,24,26);1H. The number of hydrogen-bond donors (Lipinski definition) is 3. The lowest BCUT2D eigenvalue weighted by atomic mass is 10.1. The van der Waals surface area contributed by atoms with E-state index in [0.29, 0.717) is 25.2 Å². The van der Waals surface area contributed by atoms with Crippen LogP contribution in [0, 0.1) is 0 Å². The molecule has 8 heteroatoms. The Morgan fingerprint density at radius 2 is 1.73 bits per heavy atom. The van der Waals surface area contributed by atoms with Crippen molar-refractivity contribution in [2.24, 2.45) is 4.99 Å². The Kier molecular flexibility index (Phi) is 9.99. The Morgan fingerprint density at radius 3 is 2.43 bits per heavy atom. The molecule has 0 bridgehead atoms. The summed E-state index contributed by atoms with van der Waals surface area (Å²) >= 11 is 0. The fourth-order valence-electron chi connectivity index (χ4n) is 2.76. The molecule has 2 heterocycles. The molecule has 0 radical (unpaired) electrons. The molecule has 3 rings (SSSR count). The second kappa shape index (κ2) is 12.7. The highest BCUT2D eigenvalue weighted by Gasteiger charge is 2.07. The number of benzene rings is 1. The summed E-state index contributed by atoms with van der Waals surface area (Å²) in [6, 6.07) is 14.9. The Morgan fingerprint density at radius 1 is 0.967 bits per heavy atom. The summed E-state index contributed by atoms with van der Waals surface area (Å²) in [4.78, 5) is 17.0. The zero-order chi connectivity index (χ0) is 20.3. The van der Waals surface area contributed by atoms with Gasteiger partial charge in [-0.25, -0.2) is 4.99 Å². The van der Waals surface area contributed by atoms with Gasteiger partial charge in [-0.1, -0.05) is 12.1 Å². The number of furan rings is 2. The van der Waals surface area contributed by atoms with E-state index in [1.807, 2.05) is 43.3 Å². The third kappa shape index (κ3) is 7.58. The van der Waals surface area contributed by atoms with Crippen LogP contribution in [0.15, 0.2) is 74.9 Å². The number of hydrogen-bond acceptors (Lipinski definition) is 4. The lowest BCUT2D eigenvalue weighted by molar-refractivity contribution is 0.0948. The van der Waals surface area contributed by atoms with E-state index in [-0.39, 0.29) is 29.9 Å². The molecule has 1 amide bonds. The minimum Gasteiger partial charge on any atom is -0.469 e. The molecule has 3 N–H and O–H groups in total. The summed E-state index contributed by atoms with van der Waals surface area (Å²) < 4.78 is 10.6. The molecule has 7 nitrogen and oxygen atoms in total. The maximum absolute atomic E-state index is 12.4. The molecule has 0 aliphatic heterocycles. The summed E-state index contributed by atoms with van der Waals surface area (Å²) in [6.07, 6.45) is 4.04. The van der Waals surface area contributed by atoms with Crippen LogP contribution in [0.5, 0.6) is 0 Å². The van der Waals surface area contributed by atoms with E-state index in [2.05, 4.69) is 20.9 Å². The van der Waals surface area contributed by atoms with Gasteiger partial charge in [0.1, 0.15) is 11.5 Å². The van der Waals surface area contributed by atoms with Gasteiger partial charge in [0.25, 0.3) is 5.91 Å². The first kappa shape index (κ1) is 23.5. The molecule has 0 saturated carbocycles. The summed E-state index contributed by atoms with van der Waals surface area (Å²) in [5.41, 5.74) is 1.55. The molecule has 1 aromatic carbocycles. The zero-order valence-corrected chi connectivity index (χ0v) is 19.2. The van der Waals surface area contributed by atoms with Crippen molar-refractivity contribution >= 4 is 35.8 Å². The number of halogens is 1.